The Balaban J connectivity index is 2.32. The van der Waals surface area contributed by atoms with Crippen LogP contribution in [0.3, 0.4) is 0 Å². The summed E-state index contributed by atoms with van der Waals surface area (Å²) in [5, 5.41) is 0. The largest absolute Gasteiger partial charge is 0.465 e. The molecule has 0 saturated heterocycles. The predicted molar refractivity (Wildman–Crippen MR) is 81.2 cm³/mol. The number of aryl methyl sites for hydroxylation is 1. The molecule has 0 saturated carbocycles. The quantitative estimate of drug-likeness (QED) is 0.692. The molecule has 2 aromatic rings. The first-order chi connectivity index (χ1) is 9.52. The number of anilines is 2. The van der Waals surface area contributed by atoms with Crippen LogP contribution in [0.4, 0.5) is 11.4 Å². The number of esters is 1. The summed E-state index contributed by atoms with van der Waals surface area (Å²) < 4.78 is 4.81. The van der Waals surface area contributed by atoms with Crippen molar-refractivity contribution in [3.63, 3.8) is 0 Å². The summed E-state index contributed by atoms with van der Waals surface area (Å²) in [5.74, 6) is -0.389. The van der Waals surface area contributed by atoms with E-state index in [1.165, 1.54) is 12.0 Å². The molecule has 0 bridgehead atoms. The Morgan fingerprint density at radius 2 is 2.25 bits per heavy atom. The summed E-state index contributed by atoms with van der Waals surface area (Å²) in [6, 6.07) is 5.24. The second-order valence-corrected chi connectivity index (χ2v) is 5.42. The minimum Gasteiger partial charge on any atom is -0.465 e. The van der Waals surface area contributed by atoms with Gasteiger partial charge in [0.25, 0.3) is 0 Å². The second kappa shape index (κ2) is 5.92. The molecule has 1 aromatic carbocycles. The standard InChI is InChI=1S/C14H17N3O2S/c1-9-13(20-8-16-9)7-17(2)12-5-4-10(15)6-11(12)14(18)19-3/h4-6,8H,7,15H2,1-3H3. The van der Waals surface area contributed by atoms with Crippen molar-refractivity contribution in [1.29, 1.82) is 0 Å². The highest BCUT2D eigenvalue weighted by molar-refractivity contribution is 7.09. The smallest absolute Gasteiger partial charge is 0.340 e. The van der Waals surface area contributed by atoms with E-state index in [-0.39, 0.29) is 5.97 Å². The van der Waals surface area contributed by atoms with Crippen LogP contribution in [0.25, 0.3) is 0 Å². The van der Waals surface area contributed by atoms with E-state index in [9.17, 15) is 4.79 Å². The number of hydrogen-bond acceptors (Lipinski definition) is 6. The summed E-state index contributed by atoms with van der Waals surface area (Å²) in [6.45, 7) is 2.66. The number of benzene rings is 1. The van der Waals surface area contributed by atoms with E-state index in [0.29, 0.717) is 17.8 Å². The van der Waals surface area contributed by atoms with E-state index in [2.05, 4.69) is 4.98 Å². The van der Waals surface area contributed by atoms with E-state index in [1.807, 2.05) is 30.4 Å². The third kappa shape index (κ3) is 2.91. The molecule has 106 valence electrons. The molecule has 1 aromatic heterocycles. The number of ether oxygens (including phenoxy) is 1. The van der Waals surface area contributed by atoms with Crippen LogP contribution in [-0.2, 0) is 11.3 Å². The summed E-state index contributed by atoms with van der Waals surface area (Å²) >= 11 is 1.60. The van der Waals surface area contributed by atoms with Gasteiger partial charge in [-0.15, -0.1) is 11.3 Å². The molecule has 0 aliphatic carbocycles. The highest BCUT2D eigenvalue weighted by atomic mass is 32.1. The molecule has 1 heterocycles. The van der Waals surface area contributed by atoms with Crippen molar-refractivity contribution in [2.24, 2.45) is 0 Å². The third-order valence-corrected chi connectivity index (χ3v) is 3.98. The molecule has 0 aliphatic rings. The first kappa shape index (κ1) is 14.3. The minimum absolute atomic E-state index is 0.389. The van der Waals surface area contributed by atoms with E-state index >= 15 is 0 Å². The van der Waals surface area contributed by atoms with Crippen LogP contribution in [0, 0.1) is 6.92 Å². The van der Waals surface area contributed by atoms with Gasteiger partial charge in [0, 0.05) is 17.6 Å². The Morgan fingerprint density at radius 3 is 2.85 bits per heavy atom. The molecular formula is C14H17N3O2S. The lowest BCUT2D eigenvalue weighted by Gasteiger charge is -2.21. The minimum atomic E-state index is -0.389. The van der Waals surface area contributed by atoms with Gasteiger partial charge in [0.2, 0.25) is 0 Å². The number of carbonyl (C=O) groups is 1. The molecule has 0 aliphatic heterocycles. The number of aromatic nitrogens is 1. The van der Waals surface area contributed by atoms with Gasteiger partial charge in [0.15, 0.2) is 0 Å². The van der Waals surface area contributed by atoms with Crippen LogP contribution in [0.15, 0.2) is 23.7 Å². The number of rotatable bonds is 4. The zero-order valence-electron chi connectivity index (χ0n) is 11.7. The lowest BCUT2D eigenvalue weighted by molar-refractivity contribution is 0.0601. The van der Waals surface area contributed by atoms with Crippen LogP contribution >= 0.6 is 11.3 Å². The maximum atomic E-state index is 11.8. The fraction of sp³-hybridized carbons (Fsp3) is 0.286. The molecule has 5 nitrogen and oxygen atoms in total. The Labute approximate surface area is 122 Å². The summed E-state index contributed by atoms with van der Waals surface area (Å²) in [4.78, 5) is 19.2. The normalized spacial score (nSPS) is 10.3. The first-order valence-electron chi connectivity index (χ1n) is 6.11. The van der Waals surface area contributed by atoms with Crippen LogP contribution in [0.5, 0.6) is 0 Å². The van der Waals surface area contributed by atoms with Crippen molar-refractivity contribution in [2.75, 3.05) is 24.8 Å². The van der Waals surface area contributed by atoms with Crippen molar-refractivity contribution in [1.82, 2.24) is 4.98 Å². The van der Waals surface area contributed by atoms with Gasteiger partial charge < -0.3 is 15.4 Å². The maximum absolute atomic E-state index is 11.8. The molecule has 2 N–H and O–H groups in total. The lowest BCUT2D eigenvalue weighted by Crippen LogP contribution is -2.20. The number of hydrogen-bond donors (Lipinski definition) is 1. The van der Waals surface area contributed by atoms with E-state index in [0.717, 1.165) is 11.4 Å². The van der Waals surface area contributed by atoms with Crippen LogP contribution in [-0.4, -0.2) is 25.1 Å². The fourth-order valence-corrected chi connectivity index (χ4v) is 2.77. The molecule has 0 fully saturated rings. The van der Waals surface area contributed by atoms with Crippen molar-refractivity contribution in [2.45, 2.75) is 13.5 Å². The van der Waals surface area contributed by atoms with Crippen molar-refractivity contribution in [3.05, 3.63) is 39.8 Å². The number of nitrogen functional groups attached to an aromatic ring is 1. The van der Waals surface area contributed by atoms with Gasteiger partial charge in [-0.3, -0.25) is 0 Å². The summed E-state index contributed by atoms with van der Waals surface area (Å²) in [6.07, 6.45) is 0. The fourth-order valence-electron chi connectivity index (χ4n) is 1.94. The summed E-state index contributed by atoms with van der Waals surface area (Å²) in [5.41, 5.74) is 10.4. The Kier molecular flexibility index (Phi) is 4.24. The van der Waals surface area contributed by atoms with Gasteiger partial charge in [0.05, 0.1) is 36.1 Å². The highest BCUT2D eigenvalue weighted by Crippen LogP contribution is 2.26. The lowest BCUT2D eigenvalue weighted by atomic mass is 10.1. The van der Waals surface area contributed by atoms with Crippen molar-refractivity contribution in [3.8, 4) is 0 Å². The number of nitrogens with two attached hydrogens (primary N) is 1. The highest BCUT2D eigenvalue weighted by Gasteiger charge is 2.16. The molecule has 0 amide bonds. The van der Waals surface area contributed by atoms with Gasteiger partial charge in [-0.05, 0) is 25.1 Å². The topological polar surface area (TPSA) is 68.5 Å². The van der Waals surface area contributed by atoms with Crippen LogP contribution < -0.4 is 10.6 Å². The predicted octanol–water partition coefficient (Wildman–Crippen LogP) is 2.46. The van der Waals surface area contributed by atoms with Gasteiger partial charge in [-0.25, -0.2) is 9.78 Å². The van der Waals surface area contributed by atoms with Crippen molar-refractivity contribution < 1.29 is 9.53 Å². The van der Waals surface area contributed by atoms with E-state index in [1.54, 1.807) is 23.5 Å². The Morgan fingerprint density at radius 1 is 1.50 bits per heavy atom. The Bertz CT molecular complexity index is 625. The van der Waals surface area contributed by atoms with E-state index in [4.69, 9.17) is 10.5 Å². The third-order valence-electron chi connectivity index (χ3n) is 3.06. The molecule has 0 unspecified atom stereocenters. The molecule has 0 radical (unpaired) electrons. The Hall–Kier alpha value is -2.08. The summed E-state index contributed by atoms with van der Waals surface area (Å²) in [7, 11) is 3.29. The second-order valence-electron chi connectivity index (χ2n) is 4.49. The van der Waals surface area contributed by atoms with Gasteiger partial charge in [-0.1, -0.05) is 0 Å². The van der Waals surface area contributed by atoms with Crippen LogP contribution in [0.2, 0.25) is 0 Å². The monoisotopic (exact) mass is 291 g/mol. The number of carbonyl (C=O) groups excluding carboxylic acids is 1. The average molecular weight is 291 g/mol. The molecular weight excluding hydrogens is 274 g/mol. The molecule has 2 rings (SSSR count). The first-order valence-corrected chi connectivity index (χ1v) is 6.99. The van der Waals surface area contributed by atoms with Crippen molar-refractivity contribution >= 4 is 28.7 Å². The number of thiazole rings is 1. The molecule has 0 spiro atoms. The number of nitrogens with zero attached hydrogens (tertiary/aromatic N) is 2. The molecule has 20 heavy (non-hydrogen) atoms. The molecule has 6 heteroatoms. The van der Waals surface area contributed by atoms with Gasteiger partial charge in [0.1, 0.15) is 0 Å². The molecule has 0 atom stereocenters. The van der Waals surface area contributed by atoms with Gasteiger partial charge in [-0.2, -0.15) is 0 Å². The van der Waals surface area contributed by atoms with E-state index < -0.39 is 0 Å². The van der Waals surface area contributed by atoms with Crippen LogP contribution in [0.1, 0.15) is 20.9 Å². The zero-order valence-corrected chi connectivity index (χ0v) is 12.5. The number of methoxy groups -OCH3 is 1. The maximum Gasteiger partial charge on any atom is 0.340 e. The zero-order chi connectivity index (χ0) is 14.7. The van der Waals surface area contributed by atoms with Gasteiger partial charge >= 0.3 is 5.97 Å². The SMILES string of the molecule is COC(=O)c1cc(N)ccc1N(C)Cc1scnc1C. The average Bonchev–Trinajstić information content (AvgIpc) is 2.83.